The molecule has 2 rings (SSSR count). The van der Waals surface area contributed by atoms with Gasteiger partial charge in [-0.1, -0.05) is 18.5 Å². The van der Waals surface area contributed by atoms with E-state index in [2.05, 4.69) is 10.6 Å². The van der Waals surface area contributed by atoms with Crippen LogP contribution in [-0.2, 0) is 14.8 Å². The van der Waals surface area contributed by atoms with E-state index in [9.17, 15) is 18.0 Å². The third-order valence-corrected chi connectivity index (χ3v) is 6.70. The summed E-state index contributed by atoms with van der Waals surface area (Å²) in [7, 11) is -3.79. The molecule has 0 radical (unpaired) electrons. The lowest BCUT2D eigenvalue weighted by molar-refractivity contribution is -0.121. The van der Waals surface area contributed by atoms with Crippen LogP contribution in [0.25, 0.3) is 0 Å². The predicted molar refractivity (Wildman–Crippen MR) is 109 cm³/mol. The molecule has 2 N–H and O–H groups in total. The molecule has 1 fully saturated rings. The zero-order chi connectivity index (χ0) is 21.1. The Labute approximate surface area is 171 Å². The Bertz CT molecular complexity index is 849. The standard InChI is InChI=1S/C19H28ClN3O4S/c1-13-6-5-9-23(12-13)28(26,27)16-10-14(7-8-15(16)20)18(25)21-11-17(24)22-19(2,3)4/h7-8,10,13H,5-6,9,11-12H2,1-4H3,(H,21,25)(H,22,24). The molecule has 1 aromatic rings. The topological polar surface area (TPSA) is 95.6 Å². The molecule has 2 amide bonds. The van der Waals surface area contributed by atoms with E-state index >= 15 is 0 Å². The van der Waals surface area contributed by atoms with Crippen LogP contribution in [0.4, 0.5) is 0 Å². The Morgan fingerprint density at radius 2 is 1.96 bits per heavy atom. The van der Waals surface area contributed by atoms with E-state index in [1.807, 2.05) is 27.7 Å². The number of sulfonamides is 1. The second-order valence-corrected chi connectivity index (χ2v) is 10.6. The molecular weight excluding hydrogens is 402 g/mol. The number of rotatable bonds is 5. The van der Waals surface area contributed by atoms with Gasteiger partial charge in [0, 0.05) is 24.2 Å². The van der Waals surface area contributed by atoms with E-state index < -0.39 is 21.5 Å². The summed E-state index contributed by atoms with van der Waals surface area (Å²) in [4.78, 5) is 24.2. The maximum absolute atomic E-state index is 13.0. The molecule has 28 heavy (non-hydrogen) atoms. The first-order valence-electron chi connectivity index (χ1n) is 9.29. The number of piperidine rings is 1. The number of hydrogen-bond donors (Lipinski definition) is 2. The summed E-state index contributed by atoms with van der Waals surface area (Å²) in [6, 6.07) is 4.11. The van der Waals surface area contributed by atoms with E-state index in [0.717, 1.165) is 12.8 Å². The zero-order valence-electron chi connectivity index (χ0n) is 16.7. The first-order valence-corrected chi connectivity index (χ1v) is 11.1. The van der Waals surface area contributed by atoms with Crippen molar-refractivity contribution >= 4 is 33.4 Å². The lowest BCUT2D eigenvalue weighted by Crippen LogP contribution is -2.45. The number of carbonyl (C=O) groups excluding carboxylic acids is 2. The van der Waals surface area contributed by atoms with E-state index in [-0.39, 0.29) is 33.9 Å². The van der Waals surface area contributed by atoms with E-state index in [4.69, 9.17) is 11.6 Å². The minimum atomic E-state index is -3.79. The fourth-order valence-electron chi connectivity index (χ4n) is 3.07. The van der Waals surface area contributed by atoms with Crippen molar-refractivity contribution in [2.24, 2.45) is 5.92 Å². The third-order valence-electron chi connectivity index (χ3n) is 4.35. The first kappa shape index (κ1) is 22.6. The van der Waals surface area contributed by atoms with Crippen molar-refractivity contribution in [3.63, 3.8) is 0 Å². The number of hydrogen-bond acceptors (Lipinski definition) is 4. The van der Waals surface area contributed by atoms with Gasteiger partial charge in [-0.3, -0.25) is 9.59 Å². The van der Waals surface area contributed by atoms with Gasteiger partial charge < -0.3 is 10.6 Å². The first-order chi connectivity index (χ1) is 12.9. The number of benzene rings is 1. The average Bonchev–Trinajstić information content (AvgIpc) is 2.58. The summed E-state index contributed by atoms with van der Waals surface area (Å²) in [5, 5.41) is 5.31. The van der Waals surface area contributed by atoms with Crippen molar-refractivity contribution in [2.45, 2.75) is 51.0 Å². The van der Waals surface area contributed by atoms with Crippen LogP contribution in [0.1, 0.15) is 50.9 Å². The molecule has 0 aromatic heterocycles. The Kier molecular flexibility index (Phi) is 7.12. The average molecular weight is 430 g/mol. The molecule has 0 bridgehead atoms. The summed E-state index contributed by atoms with van der Waals surface area (Å²) in [6.07, 6.45) is 1.78. The highest BCUT2D eigenvalue weighted by Gasteiger charge is 2.31. The van der Waals surface area contributed by atoms with Gasteiger partial charge in [0.1, 0.15) is 4.90 Å². The third kappa shape index (κ3) is 5.93. The Morgan fingerprint density at radius 1 is 1.29 bits per heavy atom. The highest BCUT2D eigenvalue weighted by molar-refractivity contribution is 7.89. The van der Waals surface area contributed by atoms with Crippen LogP contribution in [0.5, 0.6) is 0 Å². The number of amides is 2. The van der Waals surface area contributed by atoms with Crippen LogP contribution in [-0.4, -0.2) is 49.7 Å². The van der Waals surface area contributed by atoms with Gasteiger partial charge in [0.05, 0.1) is 11.6 Å². The van der Waals surface area contributed by atoms with Crippen molar-refractivity contribution in [2.75, 3.05) is 19.6 Å². The maximum Gasteiger partial charge on any atom is 0.251 e. The fraction of sp³-hybridized carbons (Fsp3) is 0.579. The quantitative estimate of drug-likeness (QED) is 0.751. The van der Waals surface area contributed by atoms with Gasteiger partial charge in [0.25, 0.3) is 5.91 Å². The molecule has 1 aliphatic rings. The van der Waals surface area contributed by atoms with Crippen molar-refractivity contribution in [3.8, 4) is 0 Å². The van der Waals surface area contributed by atoms with Crippen LogP contribution in [0.2, 0.25) is 5.02 Å². The van der Waals surface area contributed by atoms with Gasteiger partial charge >= 0.3 is 0 Å². The largest absolute Gasteiger partial charge is 0.350 e. The summed E-state index contributed by atoms with van der Waals surface area (Å²) >= 11 is 6.14. The Morgan fingerprint density at radius 3 is 2.57 bits per heavy atom. The van der Waals surface area contributed by atoms with Gasteiger partial charge in [0.15, 0.2) is 0 Å². The highest BCUT2D eigenvalue weighted by atomic mass is 35.5. The van der Waals surface area contributed by atoms with E-state index in [1.165, 1.54) is 22.5 Å². The molecule has 1 aliphatic heterocycles. The summed E-state index contributed by atoms with van der Waals surface area (Å²) in [5.41, 5.74) is -0.272. The number of nitrogens with zero attached hydrogens (tertiary/aromatic N) is 1. The van der Waals surface area contributed by atoms with Crippen LogP contribution in [0.15, 0.2) is 23.1 Å². The van der Waals surface area contributed by atoms with Crippen LogP contribution >= 0.6 is 11.6 Å². The molecule has 0 spiro atoms. The minimum absolute atomic E-state index is 0.0697. The molecular formula is C19H28ClN3O4S. The van der Waals surface area contributed by atoms with Gasteiger partial charge in [-0.25, -0.2) is 8.42 Å². The fourth-order valence-corrected chi connectivity index (χ4v) is 5.17. The molecule has 0 aliphatic carbocycles. The van der Waals surface area contributed by atoms with Crippen molar-refractivity contribution < 1.29 is 18.0 Å². The second-order valence-electron chi connectivity index (χ2n) is 8.24. The number of nitrogens with one attached hydrogen (secondary N) is 2. The second kappa shape index (κ2) is 8.80. The maximum atomic E-state index is 13.0. The normalized spacial score (nSPS) is 18.5. The van der Waals surface area contributed by atoms with Gasteiger partial charge in [-0.15, -0.1) is 0 Å². The lowest BCUT2D eigenvalue weighted by atomic mass is 10.0. The van der Waals surface area contributed by atoms with Crippen molar-refractivity contribution in [1.29, 1.82) is 0 Å². The molecule has 1 saturated heterocycles. The smallest absolute Gasteiger partial charge is 0.251 e. The number of halogens is 1. The zero-order valence-corrected chi connectivity index (χ0v) is 18.3. The van der Waals surface area contributed by atoms with Gasteiger partial charge in [-0.05, 0) is 57.7 Å². The Hall–Kier alpha value is -1.64. The molecule has 1 heterocycles. The molecule has 1 unspecified atom stereocenters. The van der Waals surface area contributed by atoms with Crippen LogP contribution in [0.3, 0.4) is 0 Å². The van der Waals surface area contributed by atoms with Gasteiger partial charge in [0.2, 0.25) is 15.9 Å². The summed E-state index contributed by atoms with van der Waals surface area (Å²) in [6.45, 7) is 8.19. The van der Waals surface area contributed by atoms with Gasteiger partial charge in [-0.2, -0.15) is 4.31 Å². The summed E-state index contributed by atoms with van der Waals surface area (Å²) in [5.74, 6) is -0.593. The number of carbonyl (C=O) groups is 2. The summed E-state index contributed by atoms with van der Waals surface area (Å²) < 4.78 is 27.4. The monoisotopic (exact) mass is 429 g/mol. The highest BCUT2D eigenvalue weighted by Crippen LogP contribution is 2.29. The molecule has 7 nitrogen and oxygen atoms in total. The van der Waals surface area contributed by atoms with E-state index in [0.29, 0.717) is 13.1 Å². The molecule has 0 saturated carbocycles. The van der Waals surface area contributed by atoms with Crippen molar-refractivity contribution in [1.82, 2.24) is 14.9 Å². The Balaban J connectivity index is 2.16. The van der Waals surface area contributed by atoms with E-state index in [1.54, 1.807) is 0 Å². The molecule has 1 atom stereocenters. The van der Waals surface area contributed by atoms with Crippen LogP contribution < -0.4 is 10.6 Å². The minimum Gasteiger partial charge on any atom is -0.350 e. The van der Waals surface area contributed by atoms with Crippen molar-refractivity contribution in [3.05, 3.63) is 28.8 Å². The lowest BCUT2D eigenvalue weighted by Gasteiger charge is -2.30. The SMILES string of the molecule is CC1CCCN(S(=O)(=O)c2cc(C(=O)NCC(=O)NC(C)(C)C)ccc2Cl)C1. The predicted octanol–water partition coefficient (Wildman–Crippen LogP) is 2.41. The molecule has 1 aromatic carbocycles. The molecule has 9 heteroatoms. The van der Waals surface area contributed by atoms with Crippen LogP contribution in [0, 0.1) is 5.92 Å². The molecule has 156 valence electrons.